The van der Waals surface area contributed by atoms with Gasteiger partial charge in [0.1, 0.15) is 5.75 Å². The third kappa shape index (κ3) is 5.92. The van der Waals surface area contributed by atoms with Crippen LogP contribution in [0.5, 0.6) is 5.75 Å². The van der Waals surface area contributed by atoms with Crippen LogP contribution in [0.3, 0.4) is 0 Å². The molecule has 0 unspecified atom stereocenters. The van der Waals surface area contributed by atoms with Crippen molar-refractivity contribution in [2.75, 3.05) is 18.1 Å². The second-order valence-electron chi connectivity index (χ2n) is 8.44. The molecule has 1 fully saturated rings. The average Bonchev–Trinajstić information content (AvgIpc) is 3.53. The Bertz CT molecular complexity index is 1340. The van der Waals surface area contributed by atoms with Crippen LogP contribution in [0.25, 0.3) is 10.9 Å². The zero-order chi connectivity index (χ0) is 24.0. The summed E-state index contributed by atoms with van der Waals surface area (Å²) in [7, 11) is 0. The summed E-state index contributed by atoms with van der Waals surface area (Å²) in [6.45, 7) is 2.79. The monoisotopic (exact) mass is 501 g/mol. The molecule has 1 N–H and O–H groups in total. The molecule has 1 amide bonds. The molecule has 1 aliphatic heterocycles. The summed E-state index contributed by atoms with van der Waals surface area (Å²) in [5, 5.41) is 5.27. The van der Waals surface area contributed by atoms with Gasteiger partial charge in [0.2, 0.25) is 0 Å². The van der Waals surface area contributed by atoms with E-state index >= 15 is 0 Å². The second kappa shape index (κ2) is 11.1. The number of ether oxygens (including phenoxy) is 1. The number of carbonyl (C=O) groups is 1. The van der Waals surface area contributed by atoms with E-state index in [0.29, 0.717) is 10.3 Å². The predicted molar refractivity (Wildman–Crippen MR) is 148 cm³/mol. The smallest absolute Gasteiger partial charge is 0.277 e. The summed E-state index contributed by atoms with van der Waals surface area (Å²) >= 11 is 3.94. The number of para-hydroxylation sites is 1. The highest BCUT2D eigenvalue weighted by atomic mass is 32.2. The number of rotatable bonds is 8. The maximum Gasteiger partial charge on any atom is 0.277 e. The summed E-state index contributed by atoms with van der Waals surface area (Å²) in [6.07, 6.45) is 3.76. The zero-order valence-electron chi connectivity index (χ0n) is 19.5. The fourth-order valence-electron chi connectivity index (χ4n) is 4.14. The van der Waals surface area contributed by atoms with Gasteiger partial charge < -0.3 is 9.30 Å². The van der Waals surface area contributed by atoms with E-state index in [0.717, 1.165) is 23.0 Å². The molecule has 2 heterocycles. The van der Waals surface area contributed by atoms with Crippen molar-refractivity contribution in [3.8, 4) is 5.75 Å². The Morgan fingerprint density at radius 3 is 2.69 bits per heavy atom. The lowest BCUT2D eigenvalue weighted by Crippen LogP contribution is -2.24. The lowest BCUT2D eigenvalue weighted by molar-refractivity contribution is -0.123. The summed E-state index contributed by atoms with van der Waals surface area (Å²) < 4.78 is 8.35. The highest BCUT2D eigenvalue weighted by Crippen LogP contribution is 2.45. The minimum absolute atomic E-state index is 0.0846. The number of carbonyl (C=O) groups excluding carboxylic acids is 1. The van der Waals surface area contributed by atoms with Crippen molar-refractivity contribution in [1.82, 2.24) is 9.99 Å². The number of fused-ring (bicyclic) bond motifs is 1. The first-order chi connectivity index (χ1) is 17.2. The van der Waals surface area contributed by atoms with Gasteiger partial charge in [0, 0.05) is 40.7 Å². The van der Waals surface area contributed by atoms with Gasteiger partial charge in [-0.3, -0.25) is 4.79 Å². The third-order valence-corrected chi connectivity index (χ3v) is 8.90. The van der Waals surface area contributed by atoms with Crippen molar-refractivity contribution in [3.05, 3.63) is 101 Å². The fraction of sp³-hybridized carbons (Fsp3) is 0.214. The number of hydrazone groups is 1. The first kappa shape index (κ1) is 23.6. The van der Waals surface area contributed by atoms with Crippen molar-refractivity contribution >= 4 is 46.5 Å². The first-order valence-electron chi connectivity index (χ1n) is 11.6. The Kier molecular flexibility index (Phi) is 7.45. The van der Waals surface area contributed by atoms with Crippen molar-refractivity contribution in [2.24, 2.45) is 5.10 Å². The lowest BCUT2D eigenvalue weighted by atomic mass is 10.1. The number of nitrogens with zero attached hydrogens (tertiary/aromatic N) is 2. The maximum atomic E-state index is 12.3. The Hall–Kier alpha value is -3.16. The number of hydrogen-bond acceptors (Lipinski definition) is 5. The summed E-state index contributed by atoms with van der Waals surface area (Å²) in [6, 6.07) is 24.7. The quantitative estimate of drug-likeness (QED) is 0.237. The molecule has 35 heavy (non-hydrogen) atoms. The molecule has 0 bridgehead atoms. The number of thioether (sulfide) groups is 2. The van der Waals surface area contributed by atoms with E-state index in [1.54, 1.807) is 6.21 Å². The van der Waals surface area contributed by atoms with Crippen LogP contribution in [0.4, 0.5) is 0 Å². The average molecular weight is 502 g/mol. The van der Waals surface area contributed by atoms with Gasteiger partial charge in [0.15, 0.2) is 6.61 Å². The van der Waals surface area contributed by atoms with E-state index in [-0.39, 0.29) is 12.5 Å². The van der Waals surface area contributed by atoms with E-state index in [4.69, 9.17) is 4.74 Å². The summed E-state index contributed by atoms with van der Waals surface area (Å²) in [4.78, 5) is 12.3. The Morgan fingerprint density at radius 1 is 1.09 bits per heavy atom. The molecule has 0 radical (unpaired) electrons. The Labute approximate surface area is 213 Å². The van der Waals surface area contributed by atoms with Crippen LogP contribution >= 0.6 is 23.5 Å². The maximum absolute atomic E-state index is 12.3. The van der Waals surface area contributed by atoms with Gasteiger partial charge in [0.25, 0.3) is 5.91 Å². The normalized spacial score (nSPS) is 14.1. The predicted octanol–water partition coefficient (Wildman–Crippen LogP) is 6.01. The van der Waals surface area contributed by atoms with E-state index in [1.165, 1.54) is 28.2 Å². The molecular weight excluding hydrogens is 474 g/mol. The molecule has 7 heteroatoms. The van der Waals surface area contributed by atoms with Crippen LogP contribution in [-0.4, -0.2) is 34.8 Å². The molecule has 0 saturated carbocycles. The minimum atomic E-state index is -0.296. The van der Waals surface area contributed by atoms with E-state index in [1.807, 2.05) is 47.8 Å². The standard InChI is InChI=1S/C28H27N3O2S2/c1-20-5-4-6-21(15-20)17-31-18-23(25-7-2-3-8-26(25)31)16-29-30-27(32)19-33-24-11-9-22(10-12-24)28-34-13-14-35-28/h2-12,15-16,18,28H,13-14,17,19H2,1H3,(H,30,32)/b29-16-. The van der Waals surface area contributed by atoms with Crippen LogP contribution in [0, 0.1) is 6.92 Å². The molecule has 178 valence electrons. The minimum Gasteiger partial charge on any atom is -0.484 e. The first-order valence-corrected chi connectivity index (χ1v) is 13.7. The van der Waals surface area contributed by atoms with Gasteiger partial charge in [-0.05, 0) is 36.2 Å². The van der Waals surface area contributed by atoms with Gasteiger partial charge in [-0.15, -0.1) is 23.5 Å². The third-order valence-electron chi connectivity index (χ3n) is 5.79. The number of hydrogen-bond donors (Lipinski definition) is 1. The van der Waals surface area contributed by atoms with Gasteiger partial charge >= 0.3 is 0 Å². The largest absolute Gasteiger partial charge is 0.484 e. The summed E-state index contributed by atoms with van der Waals surface area (Å²) in [5.41, 5.74) is 8.44. The van der Waals surface area contributed by atoms with Gasteiger partial charge in [0.05, 0.1) is 10.8 Å². The van der Waals surface area contributed by atoms with Crippen LogP contribution < -0.4 is 10.2 Å². The van der Waals surface area contributed by atoms with Crippen molar-refractivity contribution in [3.63, 3.8) is 0 Å². The second-order valence-corrected chi connectivity index (χ2v) is 11.2. The molecule has 1 aromatic heterocycles. The number of benzene rings is 3. The van der Waals surface area contributed by atoms with Crippen LogP contribution in [0.1, 0.15) is 26.8 Å². The molecule has 1 aliphatic rings. The molecule has 5 rings (SSSR count). The van der Waals surface area contributed by atoms with E-state index < -0.39 is 0 Å². The molecule has 0 spiro atoms. The number of aryl methyl sites for hydroxylation is 1. The molecule has 0 aliphatic carbocycles. The molecule has 0 atom stereocenters. The van der Waals surface area contributed by atoms with E-state index in [2.05, 4.69) is 76.7 Å². The highest BCUT2D eigenvalue weighted by Gasteiger charge is 2.18. The molecule has 1 saturated heterocycles. The Morgan fingerprint density at radius 2 is 1.89 bits per heavy atom. The molecule has 4 aromatic rings. The van der Waals surface area contributed by atoms with Gasteiger partial charge in [-0.2, -0.15) is 5.10 Å². The summed E-state index contributed by atoms with van der Waals surface area (Å²) in [5.74, 6) is 2.78. The Balaban J connectivity index is 1.19. The number of nitrogens with one attached hydrogen (secondary N) is 1. The zero-order valence-corrected chi connectivity index (χ0v) is 21.1. The molecule has 3 aromatic carbocycles. The van der Waals surface area contributed by atoms with Crippen LogP contribution in [0.2, 0.25) is 0 Å². The number of aromatic nitrogens is 1. The van der Waals surface area contributed by atoms with Gasteiger partial charge in [-0.25, -0.2) is 5.43 Å². The van der Waals surface area contributed by atoms with Crippen molar-refractivity contribution < 1.29 is 9.53 Å². The molecular formula is C28H27N3O2S2. The SMILES string of the molecule is Cc1cccc(Cn2cc(/C=N\NC(=O)COc3ccc(C4SCCS4)cc3)c3ccccc32)c1. The van der Waals surface area contributed by atoms with Crippen LogP contribution in [0.15, 0.2) is 84.1 Å². The fourth-order valence-corrected chi connectivity index (χ4v) is 7.00. The van der Waals surface area contributed by atoms with Crippen LogP contribution in [-0.2, 0) is 11.3 Å². The topological polar surface area (TPSA) is 55.6 Å². The van der Waals surface area contributed by atoms with E-state index in [9.17, 15) is 4.79 Å². The lowest BCUT2D eigenvalue weighted by Gasteiger charge is -2.10. The van der Waals surface area contributed by atoms with Gasteiger partial charge in [-0.1, -0.05) is 60.2 Å². The highest BCUT2D eigenvalue weighted by molar-refractivity contribution is 8.19. The molecule has 5 nitrogen and oxygen atoms in total. The van der Waals surface area contributed by atoms with Crippen molar-refractivity contribution in [2.45, 2.75) is 18.1 Å². The number of amides is 1. The van der Waals surface area contributed by atoms with Crippen molar-refractivity contribution in [1.29, 1.82) is 0 Å².